The van der Waals surface area contributed by atoms with Crippen LogP contribution in [0.15, 0.2) is 30.5 Å². The molecule has 13 N–H and O–H groups in total. The molecule has 0 fully saturated rings. The second-order valence-corrected chi connectivity index (χ2v) is 11.2. The van der Waals surface area contributed by atoms with Gasteiger partial charge in [0.2, 0.25) is 41.4 Å². The number of hydrogen-bond donors (Lipinski definition) is 12. The Morgan fingerprint density at radius 1 is 0.837 bits per heavy atom. The van der Waals surface area contributed by atoms with E-state index in [9.17, 15) is 48.6 Å². The summed E-state index contributed by atoms with van der Waals surface area (Å²) in [6.45, 7) is -0.691. The maximum Gasteiger partial charge on any atom is 0.326 e. The van der Waals surface area contributed by atoms with Gasteiger partial charge in [-0.15, -0.1) is 0 Å². The molecule has 5 atom stereocenters. The highest BCUT2D eigenvalue weighted by Crippen LogP contribution is 2.19. The number of aliphatic hydroxyl groups excluding tert-OH is 1. The molecule has 20 heteroatoms. The predicted octanol–water partition coefficient (Wildman–Crippen LogP) is -4.50. The summed E-state index contributed by atoms with van der Waals surface area (Å²) >= 11 is 4.00. The van der Waals surface area contributed by atoms with E-state index in [0.29, 0.717) is 0 Å². The summed E-state index contributed by atoms with van der Waals surface area (Å²) in [5, 5.41) is 33.7. The second-order valence-electron chi connectivity index (χ2n) is 10.9. The molecule has 0 bridgehead atoms. The summed E-state index contributed by atoms with van der Waals surface area (Å²) in [6.07, 6.45) is -0.372. The molecule has 0 aliphatic rings. The van der Waals surface area contributed by atoms with Gasteiger partial charge in [0, 0.05) is 35.7 Å². The van der Waals surface area contributed by atoms with Crippen molar-refractivity contribution in [2.75, 3.05) is 25.4 Å². The Morgan fingerprint density at radius 3 is 2.02 bits per heavy atom. The third kappa shape index (κ3) is 13.4. The van der Waals surface area contributed by atoms with Crippen molar-refractivity contribution in [1.82, 2.24) is 36.9 Å². The van der Waals surface area contributed by atoms with Gasteiger partial charge in [0.1, 0.15) is 18.1 Å². The van der Waals surface area contributed by atoms with Gasteiger partial charge >= 0.3 is 5.97 Å². The first-order valence-corrected chi connectivity index (χ1v) is 15.6. The number of primary amides is 1. The lowest BCUT2D eigenvalue weighted by molar-refractivity contribution is -0.143. The van der Waals surface area contributed by atoms with E-state index in [4.69, 9.17) is 11.5 Å². The number of rotatable bonds is 20. The van der Waals surface area contributed by atoms with Crippen molar-refractivity contribution in [2.24, 2.45) is 11.5 Å². The molecule has 19 nitrogen and oxygen atoms in total. The van der Waals surface area contributed by atoms with Gasteiger partial charge in [0.25, 0.3) is 0 Å². The van der Waals surface area contributed by atoms with Gasteiger partial charge < -0.3 is 58.6 Å². The zero-order valence-electron chi connectivity index (χ0n) is 26.5. The fraction of sp³-hybridized carbons (Fsp3) is 0.448. The van der Waals surface area contributed by atoms with Gasteiger partial charge in [0.15, 0.2) is 0 Å². The van der Waals surface area contributed by atoms with Crippen LogP contribution in [0.25, 0.3) is 10.9 Å². The monoisotopic (exact) mass is 707 g/mol. The van der Waals surface area contributed by atoms with Crippen LogP contribution in [0.3, 0.4) is 0 Å². The number of aliphatic carboxylic acids is 1. The van der Waals surface area contributed by atoms with Gasteiger partial charge in [-0.25, -0.2) is 4.79 Å². The molecule has 268 valence electrons. The van der Waals surface area contributed by atoms with Gasteiger partial charge in [-0.05, 0) is 25.0 Å². The number of nitrogens with one attached hydrogen (secondary N) is 7. The van der Waals surface area contributed by atoms with Crippen LogP contribution in [0.5, 0.6) is 0 Å². The van der Waals surface area contributed by atoms with Crippen LogP contribution in [-0.4, -0.2) is 118 Å². The number of nitrogens with two attached hydrogens (primary N) is 2. The molecule has 0 saturated heterocycles. The van der Waals surface area contributed by atoms with Crippen LogP contribution in [0, 0.1) is 0 Å². The predicted molar refractivity (Wildman–Crippen MR) is 176 cm³/mol. The maximum atomic E-state index is 13.0. The number of para-hydroxylation sites is 1. The van der Waals surface area contributed by atoms with Gasteiger partial charge in [-0.2, -0.15) is 12.6 Å². The van der Waals surface area contributed by atoms with Crippen molar-refractivity contribution in [2.45, 2.75) is 56.5 Å². The number of amides is 7. The first-order chi connectivity index (χ1) is 23.1. The maximum absolute atomic E-state index is 13.0. The van der Waals surface area contributed by atoms with Crippen LogP contribution in [-0.2, 0) is 44.8 Å². The van der Waals surface area contributed by atoms with Crippen LogP contribution < -0.4 is 43.4 Å². The van der Waals surface area contributed by atoms with Crippen LogP contribution in [0.2, 0.25) is 0 Å². The summed E-state index contributed by atoms with van der Waals surface area (Å²) in [5.41, 5.74) is 12.3. The Bertz CT molecular complexity index is 1530. The summed E-state index contributed by atoms with van der Waals surface area (Å²) in [6, 6.07) is 2.12. The number of carboxylic acid groups (broad SMARTS) is 1. The van der Waals surface area contributed by atoms with Crippen molar-refractivity contribution in [3.8, 4) is 0 Å². The minimum absolute atomic E-state index is 0.0305. The number of aliphatic hydroxyl groups is 1. The lowest BCUT2D eigenvalue weighted by Crippen LogP contribution is -2.57. The summed E-state index contributed by atoms with van der Waals surface area (Å²) in [5.74, 6) is -7.13. The highest BCUT2D eigenvalue weighted by Gasteiger charge is 2.30. The van der Waals surface area contributed by atoms with Crippen molar-refractivity contribution in [3.63, 3.8) is 0 Å². The van der Waals surface area contributed by atoms with E-state index in [2.05, 4.69) is 49.5 Å². The number of aromatic amines is 1. The number of carbonyl (C=O) groups excluding carboxylic acids is 7. The third-order valence-electron chi connectivity index (χ3n) is 6.96. The Kier molecular flexibility index (Phi) is 16.0. The van der Waals surface area contributed by atoms with Crippen LogP contribution >= 0.6 is 12.6 Å². The number of aromatic nitrogens is 1. The number of carboxylic acids is 1. The molecule has 7 amide bonds. The smallest absolute Gasteiger partial charge is 0.326 e. The minimum atomic E-state index is -1.61. The average Bonchev–Trinajstić information content (AvgIpc) is 3.47. The van der Waals surface area contributed by atoms with Crippen molar-refractivity contribution in [3.05, 3.63) is 36.0 Å². The number of thiol groups is 1. The molecule has 0 spiro atoms. The molecule has 0 aliphatic carbocycles. The largest absolute Gasteiger partial charge is 0.480 e. The van der Waals surface area contributed by atoms with E-state index in [1.807, 2.05) is 24.3 Å². The highest BCUT2D eigenvalue weighted by molar-refractivity contribution is 7.80. The molecule has 0 radical (unpaired) electrons. The van der Waals surface area contributed by atoms with Crippen LogP contribution in [0.4, 0.5) is 0 Å². The average molecular weight is 708 g/mol. The number of carbonyl (C=O) groups is 8. The molecule has 2 aromatic rings. The summed E-state index contributed by atoms with van der Waals surface area (Å²) in [4.78, 5) is 100. The van der Waals surface area contributed by atoms with Crippen molar-refractivity contribution >= 4 is 70.9 Å². The quantitative estimate of drug-likeness (QED) is 0.0582. The third-order valence-corrected chi connectivity index (χ3v) is 7.35. The Balaban J connectivity index is 1.86. The first-order valence-electron chi connectivity index (χ1n) is 14.9. The highest BCUT2D eigenvalue weighted by atomic mass is 32.1. The Labute approximate surface area is 285 Å². The molecule has 0 aliphatic heterocycles. The fourth-order valence-electron chi connectivity index (χ4n) is 4.30. The molecular weight excluding hydrogens is 666 g/mol. The van der Waals surface area contributed by atoms with Crippen molar-refractivity contribution < 1.29 is 48.6 Å². The van der Waals surface area contributed by atoms with Crippen molar-refractivity contribution in [1.29, 1.82) is 0 Å². The SMILES string of the molecule is C[C@@H](O)[C@H](NC(=O)CNC(=O)CNC(=O)CNC(=O)[C@H](Cc1c[nH]c2ccccc12)NC(=O)[C@@H](N)CS)C(=O)N[C@@H](CCC(N)=O)C(=O)O. The van der Waals surface area contributed by atoms with E-state index in [1.165, 1.54) is 0 Å². The van der Waals surface area contributed by atoms with Gasteiger partial charge in [-0.3, -0.25) is 33.6 Å². The Hall–Kier alpha value is -5.21. The van der Waals surface area contributed by atoms with E-state index >= 15 is 0 Å². The standard InChI is InChI=1S/C29H41N9O10S/c1-14(39)25(28(46)36-19(29(47)48)6-7-21(31)40)38-24(43)12-34-22(41)10-33-23(42)11-35-27(45)20(37-26(44)17(30)13-49)8-15-9-32-18-5-3-2-4-16(15)18/h2-5,9,14,17,19-20,25,32,39,49H,6-8,10-13,30H2,1H3,(H2,31,40)(H,33,42)(H,34,41)(H,35,45)(H,36,46)(H,37,44)(H,38,43)(H,47,48)/t14-,17+,19+,20+,25+/m1/s1. The number of fused-ring (bicyclic) bond motifs is 1. The zero-order chi connectivity index (χ0) is 36.7. The first kappa shape index (κ1) is 40.0. The van der Waals surface area contributed by atoms with E-state index in [-0.39, 0.29) is 25.0 Å². The summed E-state index contributed by atoms with van der Waals surface area (Å²) < 4.78 is 0. The Morgan fingerprint density at radius 2 is 1.43 bits per heavy atom. The molecule has 1 heterocycles. The molecule has 2 rings (SSSR count). The second kappa shape index (κ2) is 19.6. The molecular formula is C29H41N9O10S. The van der Waals surface area contributed by atoms with Gasteiger partial charge in [0.05, 0.1) is 31.8 Å². The molecule has 1 aromatic heterocycles. The van der Waals surface area contributed by atoms with E-state index in [0.717, 1.165) is 23.4 Å². The van der Waals surface area contributed by atoms with Gasteiger partial charge in [-0.1, -0.05) is 18.2 Å². The zero-order valence-corrected chi connectivity index (χ0v) is 27.4. The van der Waals surface area contributed by atoms with Crippen LogP contribution in [0.1, 0.15) is 25.3 Å². The van der Waals surface area contributed by atoms with E-state index < -0.39 is 97.2 Å². The fourth-order valence-corrected chi connectivity index (χ4v) is 4.47. The van der Waals surface area contributed by atoms with E-state index in [1.54, 1.807) is 6.20 Å². The number of H-pyrrole nitrogens is 1. The number of hydrogen-bond acceptors (Lipinski definition) is 11. The molecule has 0 unspecified atom stereocenters. The molecule has 1 aromatic carbocycles. The molecule has 0 saturated carbocycles. The lowest BCUT2D eigenvalue weighted by atomic mass is 10.0. The number of benzene rings is 1. The normalized spacial score (nSPS) is 13.9. The topological polar surface area (TPSA) is 317 Å². The summed E-state index contributed by atoms with van der Waals surface area (Å²) in [7, 11) is 0. The minimum Gasteiger partial charge on any atom is -0.480 e. The lowest BCUT2D eigenvalue weighted by Gasteiger charge is -2.23. The molecule has 49 heavy (non-hydrogen) atoms.